The van der Waals surface area contributed by atoms with Crippen LogP contribution >= 0.6 is 12.2 Å². The molecular weight excluding hydrogens is 348 g/mol. The van der Waals surface area contributed by atoms with E-state index in [4.69, 9.17) is 26.8 Å². The van der Waals surface area contributed by atoms with E-state index < -0.39 is 23.9 Å². The number of hydrogen-bond donors (Lipinski definition) is 2. The largest absolute Gasteiger partial charge is 0.493 e. The summed E-state index contributed by atoms with van der Waals surface area (Å²) in [5.74, 6) is -1.72. The highest BCUT2D eigenvalue weighted by atomic mass is 32.1. The first kappa shape index (κ1) is 18.4. The summed E-state index contributed by atoms with van der Waals surface area (Å²) in [5.41, 5.74) is 0.428. The van der Waals surface area contributed by atoms with Crippen LogP contribution in [0.15, 0.2) is 23.8 Å². The molecule has 9 heteroatoms. The molecule has 2 N–H and O–H groups in total. The Morgan fingerprint density at radius 1 is 1.36 bits per heavy atom. The van der Waals surface area contributed by atoms with Crippen LogP contribution in [0.3, 0.4) is 0 Å². The first-order valence-electron chi connectivity index (χ1n) is 7.17. The lowest BCUT2D eigenvalue weighted by Gasteiger charge is -2.25. The van der Waals surface area contributed by atoms with Gasteiger partial charge in [-0.1, -0.05) is 6.07 Å². The fraction of sp³-hybridized carbons (Fsp3) is 0.250. The topological polar surface area (TPSA) is 105 Å². The van der Waals surface area contributed by atoms with Crippen LogP contribution in [-0.4, -0.2) is 53.2 Å². The van der Waals surface area contributed by atoms with E-state index in [2.05, 4.69) is 5.32 Å². The first-order chi connectivity index (χ1) is 11.7. The average Bonchev–Trinajstić information content (AvgIpc) is 2.57. The maximum Gasteiger partial charge on any atom is 0.344 e. The zero-order valence-electron chi connectivity index (χ0n) is 13.7. The molecule has 2 rings (SSSR count). The highest BCUT2D eigenvalue weighted by Crippen LogP contribution is 2.30. The van der Waals surface area contributed by atoms with Crippen molar-refractivity contribution >= 4 is 41.2 Å². The van der Waals surface area contributed by atoms with Crippen LogP contribution in [0, 0.1) is 0 Å². The first-order valence-corrected chi connectivity index (χ1v) is 7.58. The number of methoxy groups -OCH3 is 1. The van der Waals surface area contributed by atoms with E-state index in [9.17, 15) is 14.4 Å². The number of carboxylic acids is 1. The summed E-state index contributed by atoms with van der Waals surface area (Å²) in [6.07, 6.45) is 0.335. The van der Waals surface area contributed by atoms with Crippen LogP contribution in [0.1, 0.15) is 12.5 Å². The number of carbonyl (C=O) groups is 3. The van der Waals surface area contributed by atoms with Crippen LogP contribution < -0.4 is 14.8 Å². The zero-order chi connectivity index (χ0) is 18.7. The second-order valence-electron chi connectivity index (χ2n) is 5.19. The summed E-state index contributed by atoms with van der Waals surface area (Å²) in [4.78, 5) is 36.2. The predicted molar refractivity (Wildman–Crippen MR) is 92.2 cm³/mol. The van der Waals surface area contributed by atoms with Crippen LogP contribution in [0.2, 0.25) is 0 Å². The zero-order valence-corrected chi connectivity index (χ0v) is 14.5. The van der Waals surface area contributed by atoms with Gasteiger partial charge in [0.25, 0.3) is 11.8 Å². The molecule has 1 aromatic rings. The third kappa shape index (κ3) is 3.94. The molecule has 2 amide bonds. The van der Waals surface area contributed by atoms with Gasteiger partial charge in [0.1, 0.15) is 5.57 Å². The SMILES string of the molecule is COc1cc(C=C2C(=O)NC(=S)N(C)C2=O)ccc1OC(C)C(=O)O. The molecule has 8 nitrogen and oxygen atoms in total. The van der Waals surface area contributed by atoms with Gasteiger partial charge >= 0.3 is 5.97 Å². The molecule has 1 aromatic carbocycles. The van der Waals surface area contributed by atoms with Crippen molar-refractivity contribution in [3.05, 3.63) is 29.3 Å². The lowest BCUT2D eigenvalue weighted by molar-refractivity contribution is -0.144. The number of nitrogens with one attached hydrogen (secondary N) is 1. The minimum atomic E-state index is -1.11. The number of carboxylic acid groups (broad SMARTS) is 1. The second kappa shape index (κ2) is 7.31. The molecular formula is C16H16N2O6S. The highest BCUT2D eigenvalue weighted by Gasteiger charge is 2.30. The van der Waals surface area contributed by atoms with Crippen LogP contribution in [0.25, 0.3) is 6.08 Å². The van der Waals surface area contributed by atoms with Gasteiger partial charge in [0.05, 0.1) is 7.11 Å². The third-order valence-corrected chi connectivity index (χ3v) is 3.83. The standard InChI is InChI=1S/C16H16N2O6S/c1-8(15(21)22)24-11-5-4-9(7-12(11)23-3)6-10-13(19)17-16(25)18(2)14(10)20/h4-8H,1-3H3,(H,21,22)(H,17,19,25). The molecule has 0 bridgehead atoms. The van der Waals surface area contributed by atoms with E-state index in [-0.39, 0.29) is 22.2 Å². The van der Waals surface area contributed by atoms with E-state index >= 15 is 0 Å². The van der Waals surface area contributed by atoms with E-state index in [1.165, 1.54) is 39.3 Å². The molecule has 0 spiro atoms. The molecule has 0 aromatic heterocycles. The Hall–Kier alpha value is -2.94. The predicted octanol–water partition coefficient (Wildman–Crippen LogP) is 0.804. The van der Waals surface area contributed by atoms with Gasteiger partial charge in [-0.2, -0.15) is 0 Å². The Balaban J connectivity index is 2.34. The summed E-state index contributed by atoms with van der Waals surface area (Å²) in [7, 11) is 2.86. The maximum absolute atomic E-state index is 12.2. The Kier molecular flexibility index (Phi) is 5.38. The Labute approximate surface area is 149 Å². The lowest BCUT2D eigenvalue weighted by Crippen LogP contribution is -2.52. The average molecular weight is 364 g/mol. The minimum absolute atomic E-state index is 0.0381. The van der Waals surface area contributed by atoms with Crippen molar-refractivity contribution in [3.63, 3.8) is 0 Å². The van der Waals surface area contributed by atoms with E-state index in [1.54, 1.807) is 6.07 Å². The van der Waals surface area contributed by atoms with Crippen molar-refractivity contribution in [2.45, 2.75) is 13.0 Å². The number of nitrogens with zero attached hydrogens (tertiary/aromatic N) is 1. The van der Waals surface area contributed by atoms with Gasteiger partial charge in [-0.25, -0.2) is 4.79 Å². The number of aliphatic carboxylic acids is 1. The van der Waals surface area contributed by atoms with Crippen molar-refractivity contribution < 1.29 is 29.0 Å². The van der Waals surface area contributed by atoms with Gasteiger partial charge in [0.15, 0.2) is 22.7 Å². The fourth-order valence-electron chi connectivity index (χ4n) is 2.02. The van der Waals surface area contributed by atoms with Crippen molar-refractivity contribution in [2.75, 3.05) is 14.2 Å². The number of carbonyl (C=O) groups excluding carboxylic acids is 2. The number of amides is 2. The van der Waals surface area contributed by atoms with Crippen molar-refractivity contribution in [1.82, 2.24) is 10.2 Å². The summed E-state index contributed by atoms with van der Waals surface area (Å²) in [6.45, 7) is 1.39. The van der Waals surface area contributed by atoms with Gasteiger partial charge in [-0.05, 0) is 42.9 Å². The van der Waals surface area contributed by atoms with Crippen LogP contribution in [0.4, 0.5) is 0 Å². The normalized spacial score (nSPS) is 17.3. The molecule has 0 radical (unpaired) electrons. The van der Waals surface area contributed by atoms with Gasteiger partial charge < -0.3 is 14.6 Å². The van der Waals surface area contributed by atoms with Crippen LogP contribution in [0.5, 0.6) is 11.5 Å². The van der Waals surface area contributed by atoms with Gasteiger partial charge in [0.2, 0.25) is 0 Å². The molecule has 1 saturated heterocycles. The molecule has 1 heterocycles. The molecule has 1 fully saturated rings. The molecule has 0 saturated carbocycles. The maximum atomic E-state index is 12.2. The van der Waals surface area contributed by atoms with Crippen molar-refractivity contribution in [3.8, 4) is 11.5 Å². The quantitative estimate of drug-likeness (QED) is 0.452. The summed E-state index contributed by atoms with van der Waals surface area (Å²) in [6, 6.07) is 4.61. The molecule has 1 unspecified atom stereocenters. The monoisotopic (exact) mass is 364 g/mol. The lowest BCUT2D eigenvalue weighted by atomic mass is 10.1. The Bertz CT molecular complexity index is 789. The van der Waals surface area contributed by atoms with Gasteiger partial charge in [0, 0.05) is 7.05 Å². The third-order valence-electron chi connectivity index (χ3n) is 3.45. The molecule has 0 aliphatic carbocycles. The highest BCUT2D eigenvalue weighted by molar-refractivity contribution is 7.80. The number of hydrogen-bond acceptors (Lipinski definition) is 6. The van der Waals surface area contributed by atoms with Crippen molar-refractivity contribution in [2.24, 2.45) is 0 Å². The fourth-order valence-corrected chi connectivity index (χ4v) is 2.20. The van der Waals surface area contributed by atoms with E-state index in [0.717, 1.165) is 4.90 Å². The molecule has 1 atom stereocenters. The van der Waals surface area contributed by atoms with Crippen LogP contribution in [-0.2, 0) is 14.4 Å². The molecule has 132 valence electrons. The number of likely N-dealkylation sites (N-methyl/N-ethyl adjacent to an activating group) is 1. The summed E-state index contributed by atoms with van der Waals surface area (Å²) in [5, 5.41) is 11.4. The van der Waals surface area contributed by atoms with E-state index in [1.807, 2.05) is 0 Å². The summed E-state index contributed by atoms with van der Waals surface area (Å²) < 4.78 is 10.5. The van der Waals surface area contributed by atoms with Gasteiger partial charge in [-0.3, -0.25) is 19.8 Å². The number of rotatable bonds is 5. The Morgan fingerprint density at radius 3 is 2.64 bits per heavy atom. The molecule has 1 aliphatic heterocycles. The van der Waals surface area contributed by atoms with Crippen molar-refractivity contribution in [1.29, 1.82) is 0 Å². The number of thiocarbonyl (C=S) groups is 1. The smallest absolute Gasteiger partial charge is 0.344 e. The van der Waals surface area contributed by atoms with E-state index in [0.29, 0.717) is 5.56 Å². The Morgan fingerprint density at radius 2 is 2.04 bits per heavy atom. The molecule has 1 aliphatic rings. The second-order valence-corrected chi connectivity index (χ2v) is 5.58. The van der Waals surface area contributed by atoms with Gasteiger partial charge in [-0.15, -0.1) is 0 Å². The minimum Gasteiger partial charge on any atom is -0.493 e. The molecule has 25 heavy (non-hydrogen) atoms. The number of benzene rings is 1. The number of ether oxygens (including phenoxy) is 2. The summed E-state index contributed by atoms with van der Waals surface area (Å²) >= 11 is 4.88.